The summed E-state index contributed by atoms with van der Waals surface area (Å²) in [4.78, 5) is 11.6. The number of rotatable bonds is 0. The van der Waals surface area contributed by atoms with Crippen molar-refractivity contribution in [2.75, 3.05) is 5.32 Å². The molecule has 13 heavy (non-hydrogen) atoms. The number of anilines is 1. The molecule has 1 aliphatic heterocycles. The lowest BCUT2D eigenvalue weighted by Crippen LogP contribution is -2.26. The summed E-state index contributed by atoms with van der Waals surface area (Å²) in [6, 6.07) is 5.93. The van der Waals surface area contributed by atoms with E-state index in [1.165, 1.54) is 0 Å². The summed E-state index contributed by atoms with van der Waals surface area (Å²) < 4.78 is 0.963. The van der Waals surface area contributed by atoms with Crippen LogP contribution in [-0.4, -0.2) is 11.8 Å². The molecule has 3 heteroatoms. The molecule has 0 saturated heterocycles. The third kappa shape index (κ3) is 1.48. The Labute approximate surface area is 85.5 Å². The number of ketones is 1. The zero-order valence-electron chi connectivity index (χ0n) is 7.30. The molecule has 1 aromatic rings. The second kappa shape index (κ2) is 3.14. The molecule has 2 rings (SSSR count). The lowest BCUT2D eigenvalue weighted by atomic mass is 9.98. The first-order valence-electron chi connectivity index (χ1n) is 4.26. The van der Waals surface area contributed by atoms with E-state index in [0.717, 1.165) is 15.7 Å². The average Bonchev–Trinajstić information content (AvgIpc) is 2.07. The van der Waals surface area contributed by atoms with Crippen LogP contribution < -0.4 is 5.32 Å². The van der Waals surface area contributed by atoms with Gasteiger partial charge in [0.2, 0.25) is 0 Å². The summed E-state index contributed by atoms with van der Waals surface area (Å²) in [5, 5.41) is 3.29. The van der Waals surface area contributed by atoms with Gasteiger partial charge in [0.1, 0.15) is 0 Å². The summed E-state index contributed by atoms with van der Waals surface area (Å²) in [5.74, 6) is 0.225. The molecule has 0 spiro atoms. The zero-order chi connectivity index (χ0) is 9.42. The van der Waals surface area contributed by atoms with Gasteiger partial charge in [-0.1, -0.05) is 6.07 Å². The number of Topliss-reactive ketones (excluding diaryl/α,β-unsaturated/α-hetero) is 1. The Morgan fingerprint density at radius 1 is 1.54 bits per heavy atom. The van der Waals surface area contributed by atoms with Crippen molar-refractivity contribution in [3.05, 3.63) is 28.2 Å². The van der Waals surface area contributed by atoms with Gasteiger partial charge in [0.05, 0.1) is 5.69 Å². The van der Waals surface area contributed by atoms with Crippen LogP contribution in [0.5, 0.6) is 0 Å². The predicted octanol–water partition coefficient (Wildman–Crippen LogP) is 2.84. The van der Waals surface area contributed by atoms with Crippen LogP contribution in [0.3, 0.4) is 0 Å². The van der Waals surface area contributed by atoms with Crippen LogP contribution in [0.4, 0.5) is 5.69 Å². The standard InChI is InChI=1S/C10H10BrNO/c1-6-5-9(13)7-3-2-4-8(11)10(7)12-6/h2-4,6,12H,5H2,1H3. The van der Waals surface area contributed by atoms with Crippen molar-refractivity contribution >= 4 is 27.4 Å². The van der Waals surface area contributed by atoms with E-state index in [-0.39, 0.29) is 11.8 Å². The fourth-order valence-electron chi connectivity index (χ4n) is 1.59. The van der Waals surface area contributed by atoms with Crippen molar-refractivity contribution in [3.8, 4) is 0 Å². The van der Waals surface area contributed by atoms with Gasteiger partial charge in [-0.2, -0.15) is 0 Å². The fraction of sp³-hybridized carbons (Fsp3) is 0.300. The highest BCUT2D eigenvalue weighted by atomic mass is 79.9. The lowest BCUT2D eigenvalue weighted by molar-refractivity contribution is 0.0974. The van der Waals surface area contributed by atoms with Crippen molar-refractivity contribution in [2.45, 2.75) is 19.4 Å². The number of nitrogens with one attached hydrogen (secondary N) is 1. The Kier molecular flexibility index (Phi) is 2.12. The number of hydrogen-bond acceptors (Lipinski definition) is 2. The molecule has 1 N–H and O–H groups in total. The molecule has 0 fully saturated rings. The van der Waals surface area contributed by atoms with Gasteiger partial charge >= 0.3 is 0 Å². The van der Waals surface area contributed by atoms with Crippen LogP contribution in [0.25, 0.3) is 0 Å². The third-order valence-corrected chi connectivity index (χ3v) is 2.86. The number of halogens is 1. The van der Waals surface area contributed by atoms with Gasteiger partial charge in [0, 0.05) is 22.5 Å². The van der Waals surface area contributed by atoms with E-state index in [9.17, 15) is 4.79 Å². The molecule has 1 heterocycles. The van der Waals surface area contributed by atoms with Crippen LogP contribution in [0.15, 0.2) is 22.7 Å². The molecule has 1 atom stereocenters. The second-order valence-electron chi connectivity index (χ2n) is 3.34. The van der Waals surface area contributed by atoms with E-state index in [0.29, 0.717) is 6.42 Å². The van der Waals surface area contributed by atoms with Gasteiger partial charge in [0.15, 0.2) is 5.78 Å². The number of hydrogen-bond donors (Lipinski definition) is 1. The number of carbonyl (C=O) groups is 1. The van der Waals surface area contributed by atoms with E-state index in [1.54, 1.807) is 0 Å². The summed E-state index contributed by atoms with van der Waals surface area (Å²) in [6.45, 7) is 2.01. The van der Waals surface area contributed by atoms with Gasteiger partial charge in [0.25, 0.3) is 0 Å². The highest BCUT2D eigenvalue weighted by Crippen LogP contribution is 2.31. The summed E-state index contributed by atoms with van der Waals surface area (Å²) in [5.41, 5.74) is 1.73. The van der Waals surface area contributed by atoms with Gasteiger partial charge in [-0.3, -0.25) is 4.79 Å². The lowest BCUT2D eigenvalue weighted by Gasteiger charge is -2.23. The van der Waals surface area contributed by atoms with E-state index in [4.69, 9.17) is 0 Å². The number of carbonyl (C=O) groups excluding carboxylic acids is 1. The van der Waals surface area contributed by atoms with Gasteiger partial charge in [-0.25, -0.2) is 0 Å². The Morgan fingerprint density at radius 3 is 3.08 bits per heavy atom. The molecule has 0 amide bonds. The van der Waals surface area contributed by atoms with Crippen molar-refractivity contribution < 1.29 is 4.79 Å². The van der Waals surface area contributed by atoms with E-state index in [2.05, 4.69) is 21.2 Å². The van der Waals surface area contributed by atoms with Crippen LogP contribution in [0.1, 0.15) is 23.7 Å². The summed E-state index contributed by atoms with van der Waals surface area (Å²) in [6.07, 6.45) is 0.587. The van der Waals surface area contributed by atoms with E-state index >= 15 is 0 Å². The molecule has 0 radical (unpaired) electrons. The van der Waals surface area contributed by atoms with Crippen LogP contribution in [0.2, 0.25) is 0 Å². The number of benzene rings is 1. The number of fused-ring (bicyclic) bond motifs is 1. The average molecular weight is 240 g/mol. The Bertz CT molecular complexity index is 362. The molecule has 2 nitrogen and oxygen atoms in total. The van der Waals surface area contributed by atoms with Crippen LogP contribution in [-0.2, 0) is 0 Å². The van der Waals surface area contributed by atoms with Crippen molar-refractivity contribution in [3.63, 3.8) is 0 Å². The largest absolute Gasteiger partial charge is 0.381 e. The van der Waals surface area contributed by atoms with Gasteiger partial charge in [-0.15, -0.1) is 0 Å². The van der Waals surface area contributed by atoms with Crippen LogP contribution >= 0.6 is 15.9 Å². The normalized spacial score (nSPS) is 20.8. The summed E-state index contributed by atoms with van der Waals surface area (Å²) >= 11 is 3.42. The first-order chi connectivity index (χ1) is 6.18. The topological polar surface area (TPSA) is 29.1 Å². The maximum Gasteiger partial charge on any atom is 0.167 e. The van der Waals surface area contributed by atoms with E-state index in [1.807, 2.05) is 25.1 Å². The highest BCUT2D eigenvalue weighted by molar-refractivity contribution is 9.10. The monoisotopic (exact) mass is 239 g/mol. The molecule has 1 unspecified atom stereocenters. The molecule has 68 valence electrons. The zero-order valence-corrected chi connectivity index (χ0v) is 8.89. The quantitative estimate of drug-likeness (QED) is 0.755. The van der Waals surface area contributed by atoms with Crippen molar-refractivity contribution in [2.24, 2.45) is 0 Å². The smallest absolute Gasteiger partial charge is 0.167 e. The van der Waals surface area contributed by atoms with Crippen molar-refractivity contribution in [1.82, 2.24) is 0 Å². The number of para-hydroxylation sites is 1. The van der Waals surface area contributed by atoms with Crippen molar-refractivity contribution in [1.29, 1.82) is 0 Å². The molecular weight excluding hydrogens is 230 g/mol. The minimum absolute atomic E-state index is 0.225. The first kappa shape index (κ1) is 8.75. The second-order valence-corrected chi connectivity index (χ2v) is 4.19. The Balaban J connectivity index is 2.55. The molecule has 0 aliphatic carbocycles. The molecule has 1 aromatic carbocycles. The Hall–Kier alpha value is -0.830. The maximum absolute atomic E-state index is 11.6. The fourth-order valence-corrected chi connectivity index (χ4v) is 2.07. The summed E-state index contributed by atoms with van der Waals surface area (Å²) in [7, 11) is 0. The van der Waals surface area contributed by atoms with Gasteiger partial charge < -0.3 is 5.32 Å². The molecule has 0 aromatic heterocycles. The molecular formula is C10H10BrNO. The first-order valence-corrected chi connectivity index (χ1v) is 5.06. The Morgan fingerprint density at radius 2 is 2.31 bits per heavy atom. The molecule has 0 bridgehead atoms. The van der Waals surface area contributed by atoms with Crippen LogP contribution in [0, 0.1) is 0 Å². The molecule has 0 saturated carbocycles. The van der Waals surface area contributed by atoms with Gasteiger partial charge in [-0.05, 0) is 35.0 Å². The SMILES string of the molecule is CC1CC(=O)c2cccc(Br)c2N1. The third-order valence-electron chi connectivity index (χ3n) is 2.20. The maximum atomic E-state index is 11.6. The predicted molar refractivity (Wildman–Crippen MR) is 56.2 cm³/mol. The minimum atomic E-state index is 0.225. The van der Waals surface area contributed by atoms with E-state index < -0.39 is 0 Å². The minimum Gasteiger partial charge on any atom is -0.381 e. The molecule has 1 aliphatic rings. The highest BCUT2D eigenvalue weighted by Gasteiger charge is 2.22.